The molecule has 0 radical (unpaired) electrons. The predicted molar refractivity (Wildman–Crippen MR) is 101 cm³/mol. The lowest BCUT2D eigenvalue weighted by atomic mass is 10.0. The average Bonchev–Trinajstić information content (AvgIpc) is 2.64. The van der Waals surface area contributed by atoms with Gasteiger partial charge < -0.3 is 19.1 Å². The van der Waals surface area contributed by atoms with Gasteiger partial charge in [-0.15, -0.1) is 6.58 Å². The Kier molecular flexibility index (Phi) is 8.60. The van der Waals surface area contributed by atoms with E-state index in [1.165, 1.54) is 18.1 Å². The molecule has 0 unspecified atom stereocenters. The minimum absolute atomic E-state index is 0.00759. The number of hydrogen-bond donors (Lipinski definition) is 0. The summed E-state index contributed by atoms with van der Waals surface area (Å²) < 4.78 is 15.8. The van der Waals surface area contributed by atoms with E-state index in [4.69, 9.17) is 14.2 Å². The molecule has 7 nitrogen and oxygen atoms in total. The van der Waals surface area contributed by atoms with Gasteiger partial charge in [-0.05, 0) is 37.1 Å². The third-order valence-corrected chi connectivity index (χ3v) is 3.45. The van der Waals surface area contributed by atoms with Crippen LogP contribution in [0, 0.1) is 11.3 Å². The SMILES string of the molecule is C=CCc1cc(/C=C(/C#N)C(=O)N(C)C)cc(OC)c1OCC(=O)OCC. The Hall–Kier alpha value is -3.27. The normalized spacial score (nSPS) is 10.6. The van der Waals surface area contributed by atoms with Crippen molar-refractivity contribution in [3.05, 3.63) is 41.5 Å². The number of esters is 1. The van der Waals surface area contributed by atoms with Crippen LogP contribution >= 0.6 is 0 Å². The maximum atomic E-state index is 12.1. The standard InChI is InChI=1S/C20H24N2O5/c1-6-8-15-9-14(10-16(12-21)20(24)22(3)4)11-17(25-5)19(15)27-13-18(23)26-7-2/h6,9-11H,1,7-8,13H2,2-5H3/b16-10-. The van der Waals surface area contributed by atoms with Gasteiger partial charge >= 0.3 is 5.97 Å². The molecular formula is C20H24N2O5. The van der Waals surface area contributed by atoms with Crippen molar-refractivity contribution < 1.29 is 23.8 Å². The number of benzene rings is 1. The van der Waals surface area contributed by atoms with Gasteiger partial charge in [0, 0.05) is 19.7 Å². The summed E-state index contributed by atoms with van der Waals surface area (Å²) in [6, 6.07) is 5.29. The van der Waals surface area contributed by atoms with E-state index < -0.39 is 11.9 Å². The van der Waals surface area contributed by atoms with Gasteiger partial charge in [0.15, 0.2) is 18.1 Å². The second kappa shape index (κ2) is 10.7. The smallest absolute Gasteiger partial charge is 0.344 e. The van der Waals surface area contributed by atoms with Gasteiger partial charge in [0.1, 0.15) is 11.6 Å². The van der Waals surface area contributed by atoms with Crippen molar-refractivity contribution in [3.8, 4) is 17.6 Å². The third kappa shape index (κ3) is 6.19. The first-order chi connectivity index (χ1) is 12.9. The number of rotatable bonds is 9. The molecule has 7 heteroatoms. The number of allylic oxidation sites excluding steroid dienone is 1. The molecule has 0 aliphatic rings. The Morgan fingerprint density at radius 3 is 2.56 bits per heavy atom. The lowest BCUT2D eigenvalue weighted by molar-refractivity contribution is -0.145. The summed E-state index contributed by atoms with van der Waals surface area (Å²) >= 11 is 0. The number of carbonyl (C=O) groups excluding carboxylic acids is 2. The third-order valence-electron chi connectivity index (χ3n) is 3.45. The van der Waals surface area contributed by atoms with Crippen molar-refractivity contribution >= 4 is 18.0 Å². The number of methoxy groups -OCH3 is 1. The molecule has 0 aliphatic carbocycles. The lowest BCUT2D eigenvalue weighted by Crippen LogP contribution is -2.22. The van der Waals surface area contributed by atoms with Crippen LogP contribution in [0.25, 0.3) is 6.08 Å². The highest BCUT2D eigenvalue weighted by Gasteiger charge is 2.16. The largest absolute Gasteiger partial charge is 0.493 e. The van der Waals surface area contributed by atoms with Crippen LogP contribution < -0.4 is 9.47 Å². The van der Waals surface area contributed by atoms with Crippen molar-refractivity contribution in [2.45, 2.75) is 13.3 Å². The van der Waals surface area contributed by atoms with E-state index in [2.05, 4.69) is 6.58 Å². The van der Waals surface area contributed by atoms with Crippen LogP contribution in [0.2, 0.25) is 0 Å². The number of ether oxygens (including phenoxy) is 3. The number of carbonyl (C=O) groups is 2. The molecule has 0 saturated carbocycles. The van der Waals surface area contributed by atoms with Crippen LogP contribution in [0.5, 0.6) is 11.5 Å². The maximum Gasteiger partial charge on any atom is 0.344 e. The van der Waals surface area contributed by atoms with Gasteiger partial charge in [0.05, 0.1) is 13.7 Å². The van der Waals surface area contributed by atoms with Crippen molar-refractivity contribution in [1.82, 2.24) is 4.90 Å². The molecule has 0 spiro atoms. The zero-order valence-corrected chi connectivity index (χ0v) is 16.1. The Morgan fingerprint density at radius 1 is 1.33 bits per heavy atom. The molecule has 0 aliphatic heterocycles. The second-order valence-electron chi connectivity index (χ2n) is 5.67. The van der Waals surface area contributed by atoms with Crippen molar-refractivity contribution in [2.24, 2.45) is 0 Å². The van der Waals surface area contributed by atoms with Gasteiger partial charge in [-0.1, -0.05) is 6.08 Å². The highest BCUT2D eigenvalue weighted by atomic mass is 16.6. The molecule has 27 heavy (non-hydrogen) atoms. The van der Waals surface area contributed by atoms with Crippen LogP contribution in [-0.4, -0.2) is 51.2 Å². The molecule has 0 saturated heterocycles. The molecule has 0 heterocycles. The molecule has 0 N–H and O–H groups in total. The molecule has 0 atom stereocenters. The minimum atomic E-state index is -0.489. The van der Waals surface area contributed by atoms with E-state index in [1.807, 2.05) is 6.07 Å². The van der Waals surface area contributed by atoms with Crippen molar-refractivity contribution in [3.63, 3.8) is 0 Å². The summed E-state index contributed by atoms with van der Waals surface area (Å²) in [5.41, 5.74) is 1.29. The van der Waals surface area contributed by atoms with E-state index >= 15 is 0 Å². The summed E-state index contributed by atoms with van der Waals surface area (Å²) in [5, 5.41) is 9.27. The number of nitriles is 1. The molecule has 1 rings (SSSR count). The van der Waals surface area contributed by atoms with Crippen LogP contribution in [0.4, 0.5) is 0 Å². The average molecular weight is 372 g/mol. The molecule has 1 amide bonds. The van der Waals surface area contributed by atoms with Crippen LogP contribution in [0.1, 0.15) is 18.1 Å². The second-order valence-corrected chi connectivity index (χ2v) is 5.67. The lowest BCUT2D eigenvalue weighted by Gasteiger charge is -2.16. The summed E-state index contributed by atoms with van der Waals surface area (Å²) in [6.07, 6.45) is 3.60. The quantitative estimate of drug-likeness (QED) is 0.286. The van der Waals surface area contributed by atoms with Crippen molar-refractivity contribution in [1.29, 1.82) is 5.26 Å². The summed E-state index contributed by atoms with van der Waals surface area (Å²) in [7, 11) is 4.61. The van der Waals surface area contributed by atoms with E-state index in [0.29, 0.717) is 29.0 Å². The first-order valence-electron chi connectivity index (χ1n) is 8.31. The molecule has 1 aromatic carbocycles. The summed E-state index contributed by atoms with van der Waals surface area (Å²) in [5.74, 6) is -0.125. The van der Waals surface area contributed by atoms with Crippen LogP contribution in [0.15, 0.2) is 30.4 Å². The fourth-order valence-electron chi connectivity index (χ4n) is 2.27. The van der Waals surface area contributed by atoms with E-state index in [1.54, 1.807) is 39.2 Å². The number of hydrogen-bond acceptors (Lipinski definition) is 6. The first kappa shape index (κ1) is 21.8. The van der Waals surface area contributed by atoms with E-state index in [9.17, 15) is 14.9 Å². The first-order valence-corrected chi connectivity index (χ1v) is 8.31. The van der Waals surface area contributed by atoms with E-state index in [-0.39, 0.29) is 18.8 Å². The van der Waals surface area contributed by atoms with Gasteiger partial charge in [-0.2, -0.15) is 5.26 Å². The van der Waals surface area contributed by atoms with E-state index in [0.717, 1.165) is 0 Å². The van der Waals surface area contributed by atoms with Crippen LogP contribution in [-0.2, 0) is 20.7 Å². The zero-order valence-electron chi connectivity index (χ0n) is 16.1. The molecule has 144 valence electrons. The van der Waals surface area contributed by atoms with Gasteiger partial charge in [0.2, 0.25) is 0 Å². The van der Waals surface area contributed by atoms with Gasteiger partial charge in [0.25, 0.3) is 5.91 Å². The predicted octanol–water partition coefficient (Wildman–Crippen LogP) is 2.36. The highest BCUT2D eigenvalue weighted by Crippen LogP contribution is 2.34. The summed E-state index contributed by atoms with van der Waals surface area (Å²) in [6.45, 7) is 5.44. The zero-order chi connectivity index (χ0) is 20.4. The summed E-state index contributed by atoms with van der Waals surface area (Å²) in [4.78, 5) is 25.0. The Bertz CT molecular complexity index is 775. The Morgan fingerprint density at radius 2 is 2.04 bits per heavy atom. The van der Waals surface area contributed by atoms with Gasteiger partial charge in [-0.3, -0.25) is 4.79 Å². The topological polar surface area (TPSA) is 88.9 Å². The Labute approximate surface area is 159 Å². The van der Waals surface area contributed by atoms with Gasteiger partial charge in [-0.25, -0.2) is 4.79 Å². The van der Waals surface area contributed by atoms with Crippen molar-refractivity contribution in [2.75, 3.05) is 34.4 Å². The maximum absolute atomic E-state index is 12.1. The fourth-order valence-corrected chi connectivity index (χ4v) is 2.27. The molecule has 0 aromatic heterocycles. The monoisotopic (exact) mass is 372 g/mol. The number of amides is 1. The molecular weight excluding hydrogens is 348 g/mol. The van der Waals surface area contributed by atoms with Crippen LogP contribution in [0.3, 0.4) is 0 Å². The molecule has 0 bridgehead atoms. The Balaban J connectivity index is 3.33. The number of nitrogens with zero attached hydrogens (tertiary/aromatic N) is 2. The molecule has 1 aromatic rings. The minimum Gasteiger partial charge on any atom is -0.493 e. The molecule has 0 fully saturated rings. The number of likely N-dealkylation sites (N-methyl/N-ethyl adjacent to an activating group) is 1. The highest BCUT2D eigenvalue weighted by molar-refractivity contribution is 6.01. The fraction of sp³-hybridized carbons (Fsp3) is 0.350.